The SMILES string of the molecule is c1ccc(CN2CCCC(NCC3CCCC3)C2)cc1. The third-order valence-electron chi connectivity index (χ3n) is 4.92. The fourth-order valence-corrected chi connectivity index (χ4v) is 3.76. The topological polar surface area (TPSA) is 15.3 Å². The average molecular weight is 272 g/mol. The molecule has 1 unspecified atom stereocenters. The van der Waals surface area contributed by atoms with Crippen molar-refractivity contribution in [3.05, 3.63) is 35.9 Å². The number of hydrogen-bond donors (Lipinski definition) is 1. The smallest absolute Gasteiger partial charge is 0.0234 e. The highest BCUT2D eigenvalue weighted by Gasteiger charge is 2.21. The van der Waals surface area contributed by atoms with Crippen LogP contribution in [0.3, 0.4) is 0 Å². The van der Waals surface area contributed by atoms with E-state index in [9.17, 15) is 0 Å². The van der Waals surface area contributed by atoms with E-state index in [1.807, 2.05) is 0 Å². The molecule has 0 spiro atoms. The Kier molecular flexibility index (Phi) is 5.10. The van der Waals surface area contributed by atoms with Crippen LogP contribution in [0.25, 0.3) is 0 Å². The highest BCUT2D eigenvalue weighted by atomic mass is 15.2. The lowest BCUT2D eigenvalue weighted by Crippen LogP contribution is -2.46. The number of benzene rings is 1. The second-order valence-corrected chi connectivity index (χ2v) is 6.62. The Morgan fingerprint density at radius 3 is 2.60 bits per heavy atom. The summed E-state index contributed by atoms with van der Waals surface area (Å²) in [7, 11) is 0. The van der Waals surface area contributed by atoms with Gasteiger partial charge in [-0.15, -0.1) is 0 Å². The maximum absolute atomic E-state index is 3.84. The highest BCUT2D eigenvalue weighted by molar-refractivity contribution is 5.14. The number of hydrogen-bond acceptors (Lipinski definition) is 2. The van der Waals surface area contributed by atoms with Crippen LogP contribution in [0.4, 0.5) is 0 Å². The molecule has 110 valence electrons. The molecule has 2 nitrogen and oxygen atoms in total. The van der Waals surface area contributed by atoms with Gasteiger partial charge in [-0.05, 0) is 50.3 Å². The van der Waals surface area contributed by atoms with Crippen molar-refractivity contribution in [2.75, 3.05) is 19.6 Å². The minimum atomic E-state index is 0.716. The first-order chi connectivity index (χ1) is 9.90. The molecule has 0 aromatic heterocycles. The Balaban J connectivity index is 1.44. The van der Waals surface area contributed by atoms with Crippen LogP contribution in [-0.4, -0.2) is 30.6 Å². The van der Waals surface area contributed by atoms with Gasteiger partial charge in [0, 0.05) is 19.1 Å². The lowest BCUT2D eigenvalue weighted by atomic mass is 10.0. The molecule has 2 fully saturated rings. The summed E-state index contributed by atoms with van der Waals surface area (Å²) in [6.45, 7) is 4.85. The number of piperidine rings is 1. The molecule has 2 aliphatic rings. The molecule has 1 aromatic rings. The van der Waals surface area contributed by atoms with Crippen LogP contribution >= 0.6 is 0 Å². The van der Waals surface area contributed by atoms with E-state index in [0.29, 0.717) is 6.04 Å². The van der Waals surface area contributed by atoms with E-state index in [1.54, 1.807) is 0 Å². The molecular formula is C18H28N2. The van der Waals surface area contributed by atoms with Gasteiger partial charge in [0.15, 0.2) is 0 Å². The van der Waals surface area contributed by atoms with Crippen LogP contribution in [0.2, 0.25) is 0 Å². The fourth-order valence-electron chi connectivity index (χ4n) is 3.76. The van der Waals surface area contributed by atoms with Gasteiger partial charge in [0.25, 0.3) is 0 Å². The summed E-state index contributed by atoms with van der Waals surface area (Å²) in [5.41, 5.74) is 1.45. The largest absolute Gasteiger partial charge is 0.312 e. The Bertz CT molecular complexity index is 384. The number of nitrogens with one attached hydrogen (secondary N) is 1. The van der Waals surface area contributed by atoms with Crippen molar-refractivity contribution in [1.82, 2.24) is 10.2 Å². The van der Waals surface area contributed by atoms with E-state index in [0.717, 1.165) is 12.5 Å². The fraction of sp³-hybridized carbons (Fsp3) is 0.667. The maximum atomic E-state index is 3.84. The molecular weight excluding hydrogens is 244 g/mol. The Morgan fingerprint density at radius 1 is 1.00 bits per heavy atom. The van der Waals surface area contributed by atoms with Crippen LogP contribution < -0.4 is 5.32 Å². The van der Waals surface area contributed by atoms with Crippen molar-refractivity contribution in [3.63, 3.8) is 0 Å². The van der Waals surface area contributed by atoms with E-state index in [-0.39, 0.29) is 0 Å². The van der Waals surface area contributed by atoms with E-state index in [4.69, 9.17) is 0 Å². The van der Waals surface area contributed by atoms with Crippen molar-refractivity contribution in [1.29, 1.82) is 0 Å². The summed E-state index contributed by atoms with van der Waals surface area (Å²) in [5, 5.41) is 3.84. The summed E-state index contributed by atoms with van der Waals surface area (Å²) < 4.78 is 0. The van der Waals surface area contributed by atoms with Gasteiger partial charge < -0.3 is 5.32 Å². The lowest BCUT2D eigenvalue weighted by Gasteiger charge is -2.34. The molecule has 0 bridgehead atoms. The van der Waals surface area contributed by atoms with Gasteiger partial charge in [-0.1, -0.05) is 43.2 Å². The number of likely N-dealkylation sites (tertiary alicyclic amines) is 1. The van der Waals surface area contributed by atoms with E-state index >= 15 is 0 Å². The van der Waals surface area contributed by atoms with Gasteiger partial charge in [0.05, 0.1) is 0 Å². The number of nitrogens with zero attached hydrogens (tertiary/aromatic N) is 1. The van der Waals surface area contributed by atoms with Gasteiger partial charge in [-0.2, -0.15) is 0 Å². The van der Waals surface area contributed by atoms with Crippen LogP contribution in [0.5, 0.6) is 0 Å². The molecule has 1 aliphatic heterocycles. The van der Waals surface area contributed by atoms with Crippen LogP contribution in [0.15, 0.2) is 30.3 Å². The summed E-state index contributed by atoms with van der Waals surface area (Å²) in [6, 6.07) is 11.6. The van der Waals surface area contributed by atoms with Crippen LogP contribution in [0.1, 0.15) is 44.1 Å². The minimum Gasteiger partial charge on any atom is -0.312 e. The summed E-state index contributed by atoms with van der Waals surface area (Å²) in [6.07, 6.45) is 8.52. The second kappa shape index (κ2) is 7.24. The molecule has 3 rings (SSSR count). The van der Waals surface area contributed by atoms with Crippen molar-refractivity contribution in [2.45, 2.75) is 51.1 Å². The molecule has 0 radical (unpaired) electrons. The van der Waals surface area contributed by atoms with Crippen LogP contribution in [-0.2, 0) is 6.54 Å². The van der Waals surface area contributed by atoms with Crippen molar-refractivity contribution in [3.8, 4) is 0 Å². The van der Waals surface area contributed by atoms with Gasteiger partial charge in [0.2, 0.25) is 0 Å². The third-order valence-corrected chi connectivity index (χ3v) is 4.92. The second-order valence-electron chi connectivity index (χ2n) is 6.62. The van der Waals surface area contributed by atoms with Gasteiger partial charge in [0.1, 0.15) is 0 Å². The predicted molar refractivity (Wildman–Crippen MR) is 84.7 cm³/mol. The summed E-state index contributed by atoms with van der Waals surface area (Å²) in [4.78, 5) is 2.62. The maximum Gasteiger partial charge on any atom is 0.0234 e. The Morgan fingerprint density at radius 2 is 1.80 bits per heavy atom. The molecule has 0 amide bonds. The van der Waals surface area contributed by atoms with Gasteiger partial charge in [-0.25, -0.2) is 0 Å². The van der Waals surface area contributed by atoms with Crippen molar-refractivity contribution >= 4 is 0 Å². The molecule has 2 heteroatoms. The first kappa shape index (κ1) is 14.1. The Labute approximate surface area is 123 Å². The molecule has 1 aromatic carbocycles. The predicted octanol–water partition coefficient (Wildman–Crippen LogP) is 3.43. The quantitative estimate of drug-likeness (QED) is 0.883. The zero-order chi connectivity index (χ0) is 13.6. The number of rotatable bonds is 5. The van der Waals surface area contributed by atoms with Crippen LogP contribution in [0, 0.1) is 5.92 Å². The normalized spacial score (nSPS) is 25.1. The third kappa shape index (κ3) is 4.07. The summed E-state index contributed by atoms with van der Waals surface area (Å²) >= 11 is 0. The minimum absolute atomic E-state index is 0.716. The molecule has 20 heavy (non-hydrogen) atoms. The molecule has 1 aliphatic carbocycles. The zero-order valence-corrected chi connectivity index (χ0v) is 12.6. The average Bonchev–Trinajstić information content (AvgIpc) is 3.00. The lowest BCUT2D eigenvalue weighted by molar-refractivity contribution is 0.180. The zero-order valence-electron chi connectivity index (χ0n) is 12.6. The van der Waals surface area contributed by atoms with Gasteiger partial charge in [-0.3, -0.25) is 4.90 Å². The molecule has 1 heterocycles. The first-order valence-corrected chi connectivity index (χ1v) is 8.40. The molecule has 1 N–H and O–H groups in total. The van der Waals surface area contributed by atoms with Crippen molar-refractivity contribution in [2.24, 2.45) is 5.92 Å². The van der Waals surface area contributed by atoms with Gasteiger partial charge >= 0.3 is 0 Å². The van der Waals surface area contributed by atoms with E-state index in [1.165, 1.54) is 63.7 Å². The highest BCUT2D eigenvalue weighted by Crippen LogP contribution is 2.24. The molecule has 1 saturated carbocycles. The molecule has 1 saturated heterocycles. The standard InChI is InChI=1S/C18H28N2/c1-2-9-17(10-3-1)14-20-12-6-11-18(15-20)19-13-16-7-4-5-8-16/h1-3,9-10,16,18-19H,4-8,11-15H2. The summed E-state index contributed by atoms with van der Waals surface area (Å²) in [5.74, 6) is 0.958. The first-order valence-electron chi connectivity index (χ1n) is 8.40. The monoisotopic (exact) mass is 272 g/mol. The van der Waals surface area contributed by atoms with E-state index in [2.05, 4.69) is 40.5 Å². The Hall–Kier alpha value is -0.860. The molecule has 1 atom stereocenters. The van der Waals surface area contributed by atoms with Crippen molar-refractivity contribution < 1.29 is 0 Å². The van der Waals surface area contributed by atoms with E-state index < -0.39 is 0 Å².